The van der Waals surface area contributed by atoms with Gasteiger partial charge in [0.2, 0.25) is 11.7 Å². The molecular formula is C15H25N3O2. The van der Waals surface area contributed by atoms with E-state index in [-0.39, 0.29) is 11.0 Å². The van der Waals surface area contributed by atoms with Gasteiger partial charge >= 0.3 is 0 Å². The van der Waals surface area contributed by atoms with E-state index in [1.54, 1.807) is 0 Å². The van der Waals surface area contributed by atoms with Gasteiger partial charge in [0.15, 0.2) is 0 Å². The molecule has 0 radical (unpaired) electrons. The van der Waals surface area contributed by atoms with Gasteiger partial charge in [-0.2, -0.15) is 4.98 Å². The van der Waals surface area contributed by atoms with Crippen LogP contribution in [0.15, 0.2) is 4.52 Å². The van der Waals surface area contributed by atoms with E-state index in [1.165, 1.54) is 12.8 Å². The highest BCUT2D eigenvalue weighted by Crippen LogP contribution is 2.37. The van der Waals surface area contributed by atoms with Crippen molar-refractivity contribution in [3.05, 3.63) is 11.7 Å². The molecule has 0 bridgehead atoms. The van der Waals surface area contributed by atoms with Crippen molar-refractivity contribution >= 4 is 0 Å². The van der Waals surface area contributed by atoms with E-state index in [9.17, 15) is 0 Å². The molecule has 2 unspecified atom stereocenters. The zero-order valence-corrected chi connectivity index (χ0v) is 12.6. The van der Waals surface area contributed by atoms with E-state index < -0.39 is 0 Å². The van der Waals surface area contributed by atoms with Gasteiger partial charge < -0.3 is 14.6 Å². The van der Waals surface area contributed by atoms with E-state index in [0.29, 0.717) is 0 Å². The molecule has 2 aliphatic heterocycles. The molecule has 2 fully saturated rings. The molecule has 3 heterocycles. The summed E-state index contributed by atoms with van der Waals surface area (Å²) >= 11 is 0. The van der Waals surface area contributed by atoms with Gasteiger partial charge in [0.25, 0.3) is 0 Å². The number of nitrogens with one attached hydrogen (secondary N) is 1. The third-order valence-corrected chi connectivity index (χ3v) is 4.97. The van der Waals surface area contributed by atoms with Crippen LogP contribution in [-0.2, 0) is 15.8 Å². The Morgan fingerprint density at radius 3 is 2.80 bits per heavy atom. The second kappa shape index (κ2) is 5.45. The van der Waals surface area contributed by atoms with Gasteiger partial charge in [-0.05, 0) is 52.0 Å². The maximum atomic E-state index is 5.92. The maximum Gasteiger partial charge on any atom is 0.234 e. The van der Waals surface area contributed by atoms with Crippen molar-refractivity contribution in [1.82, 2.24) is 15.5 Å². The first-order valence-electron chi connectivity index (χ1n) is 7.88. The largest absolute Gasteiger partial charge is 0.367 e. The van der Waals surface area contributed by atoms with Crippen LogP contribution in [0, 0.1) is 0 Å². The molecular weight excluding hydrogens is 254 g/mol. The van der Waals surface area contributed by atoms with E-state index in [4.69, 9.17) is 14.2 Å². The predicted molar refractivity (Wildman–Crippen MR) is 75.5 cm³/mol. The Balaban J connectivity index is 1.85. The third kappa shape index (κ3) is 2.37. The van der Waals surface area contributed by atoms with Crippen molar-refractivity contribution in [1.29, 1.82) is 0 Å². The molecule has 2 aliphatic rings. The minimum atomic E-state index is -0.364. The van der Waals surface area contributed by atoms with Crippen molar-refractivity contribution in [3.8, 4) is 0 Å². The minimum absolute atomic E-state index is 0.00846. The summed E-state index contributed by atoms with van der Waals surface area (Å²) in [4.78, 5) is 4.73. The van der Waals surface area contributed by atoms with Crippen LogP contribution in [0.1, 0.15) is 64.1 Å². The Hall–Kier alpha value is -0.940. The van der Waals surface area contributed by atoms with Crippen LogP contribution < -0.4 is 5.32 Å². The number of rotatable bonds is 3. The summed E-state index contributed by atoms with van der Waals surface area (Å²) in [7, 11) is 0. The fraction of sp³-hybridized carbons (Fsp3) is 0.867. The zero-order valence-electron chi connectivity index (χ0n) is 12.6. The van der Waals surface area contributed by atoms with Crippen molar-refractivity contribution in [2.75, 3.05) is 19.7 Å². The average molecular weight is 279 g/mol. The van der Waals surface area contributed by atoms with Crippen LogP contribution in [-0.4, -0.2) is 29.8 Å². The summed E-state index contributed by atoms with van der Waals surface area (Å²) in [6, 6.07) is 0. The van der Waals surface area contributed by atoms with Crippen LogP contribution in [0.25, 0.3) is 0 Å². The molecule has 1 aromatic rings. The Bertz CT molecular complexity index is 446. The highest BCUT2D eigenvalue weighted by Gasteiger charge is 2.41. The molecule has 0 aromatic carbocycles. The fourth-order valence-corrected chi connectivity index (χ4v) is 3.37. The Morgan fingerprint density at radius 2 is 2.15 bits per heavy atom. The first-order chi connectivity index (χ1) is 9.69. The Labute approximate surface area is 120 Å². The zero-order chi connectivity index (χ0) is 14.1. The number of aromatic nitrogens is 2. The second-order valence-corrected chi connectivity index (χ2v) is 6.37. The smallest absolute Gasteiger partial charge is 0.234 e. The van der Waals surface area contributed by atoms with Gasteiger partial charge in [0.1, 0.15) is 5.60 Å². The quantitative estimate of drug-likeness (QED) is 0.921. The monoisotopic (exact) mass is 279 g/mol. The number of ether oxygens (including phenoxy) is 1. The number of piperidine rings is 1. The van der Waals surface area contributed by atoms with Crippen molar-refractivity contribution in [2.24, 2.45) is 0 Å². The SMILES string of the molecule is CCC1(c2nc(C3(C)CCCCO3)no2)CCCNC1. The maximum absolute atomic E-state index is 5.92. The molecule has 3 rings (SSSR count). The van der Waals surface area contributed by atoms with Gasteiger partial charge in [-0.15, -0.1) is 0 Å². The first-order valence-corrected chi connectivity index (χ1v) is 7.88. The summed E-state index contributed by atoms with van der Waals surface area (Å²) in [5, 5.41) is 7.71. The Morgan fingerprint density at radius 1 is 1.25 bits per heavy atom. The highest BCUT2D eigenvalue weighted by atomic mass is 16.5. The molecule has 5 heteroatoms. The number of hydrogen-bond donors (Lipinski definition) is 1. The minimum Gasteiger partial charge on any atom is -0.367 e. The van der Waals surface area contributed by atoms with Crippen molar-refractivity contribution < 1.29 is 9.26 Å². The normalized spacial score (nSPS) is 35.1. The van der Waals surface area contributed by atoms with Gasteiger partial charge in [0.05, 0.1) is 5.41 Å². The second-order valence-electron chi connectivity index (χ2n) is 6.37. The molecule has 20 heavy (non-hydrogen) atoms. The molecule has 2 saturated heterocycles. The molecule has 0 spiro atoms. The number of nitrogens with zero attached hydrogens (tertiary/aromatic N) is 2. The van der Waals surface area contributed by atoms with E-state index in [2.05, 4.69) is 24.3 Å². The molecule has 1 N–H and O–H groups in total. The summed E-state index contributed by atoms with van der Waals surface area (Å²) in [6.07, 6.45) is 6.58. The molecule has 0 aliphatic carbocycles. The van der Waals surface area contributed by atoms with Gasteiger partial charge in [0, 0.05) is 13.2 Å². The average Bonchev–Trinajstić information content (AvgIpc) is 3.00. The lowest BCUT2D eigenvalue weighted by molar-refractivity contribution is -0.0770. The summed E-state index contributed by atoms with van der Waals surface area (Å²) < 4.78 is 11.6. The third-order valence-electron chi connectivity index (χ3n) is 4.97. The van der Waals surface area contributed by atoms with Crippen LogP contribution in [0.2, 0.25) is 0 Å². The van der Waals surface area contributed by atoms with Crippen molar-refractivity contribution in [3.63, 3.8) is 0 Å². The van der Waals surface area contributed by atoms with Crippen molar-refractivity contribution in [2.45, 2.75) is 63.4 Å². The lowest BCUT2D eigenvalue weighted by atomic mass is 9.78. The standard InChI is InChI=1S/C15H25N3O2/c1-3-15(8-6-9-16-11-15)13-17-12(18-20-13)14(2)7-4-5-10-19-14/h16H,3-11H2,1-2H3. The van der Waals surface area contributed by atoms with Gasteiger partial charge in [-0.25, -0.2) is 0 Å². The highest BCUT2D eigenvalue weighted by molar-refractivity contribution is 5.11. The molecule has 0 saturated carbocycles. The molecule has 112 valence electrons. The van der Waals surface area contributed by atoms with Gasteiger partial charge in [-0.1, -0.05) is 12.1 Å². The predicted octanol–water partition coefficient (Wildman–Crippen LogP) is 2.52. The van der Waals surface area contributed by atoms with Crippen LogP contribution >= 0.6 is 0 Å². The topological polar surface area (TPSA) is 60.2 Å². The molecule has 5 nitrogen and oxygen atoms in total. The number of hydrogen-bond acceptors (Lipinski definition) is 5. The van der Waals surface area contributed by atoms with Crippen LogP contribution in [0.5, 0.6) is 0 Å². The first kappa shape index (κ1) is 14.0. The van der Waals surface area contributed by atoms with Gasteiger partial charge in [-0.3, -0.25) is 0 Å². The molecule has 0 amide bonds. The van der Waals surface area contributed by atoms with Crippen LogP contribution in [0.4, 0.5) is 0 Å². The lowest BCUT2D eigenvalue weighted by Gasteiger charge is -2.33. The molecule has 1 aromatic heterocycles. The summed E-state index contributed by atoms with van der Waals surface area (Å²) in [6.45, 7) is 7.10. The van der Waals surface area contributed by atoms with E-state index >= 15 is 0 Å². The van der Waals surface area contributed by atoms with E-state index in [1.807, 2.05) is 0 Å². The lowest BCUT2D eigenvalue weighted by Crippen LogP contribution is -2.43. The fourth-order valence-electron chi connectivity index (χ4n) is 3.37. The summed E-state index contributed by atoms with van der Waals surface area (Å²) in [5.74, 6) is 1.52. The summed E-state index contributed by atoms with van der Waals surface area (Å²) in [5.41, 5.74) is -0.356. The van der Waals surface area contributed by atoms with E-state index in [0.717, 1.165) is 57.1 Å². The Kier molecular flexibility index (Phi) is 3.82. The molecule has 2 atom stereocenters. The van der Waals surface area contributed by atoms with Crippen LogP contribution in [0.3, 0.4) is 0 Å².